The third-order valence-electron chi connectivity index (χ3n) is 5.65. The van der Waals surface area contributed by atoms with Gasteiger partial charge in [0.1, 0.15) is 0 Å². The molecule has 0 radical (unpaired) electrons. The minimum absolute atomic E-state index is 0.0230. The van der Waals surface area contributed by atoms with E-state index in [1.165, 1.54) is 18.2 Å². The van der Waals surface area contributed by atoms with Gasteiger partial charge in [0.25, 0.3) is 5.56 Å². The molecule has 0 aliphatic heterocycles. The lowest BCUT2D eigenvalue weighted by atomic mass is 10.00. The first-order valence-electron chi connectivity index (χ1n) is 9.88. The maximum atomic E-state index is 13.1. The van der Waals surface area contributed by atoms with Crippen LogP contribution in [-0.4, -0.2) is 18.4 Å². The molecule has 1 heterocycles. The molecule has 0 saturated carbocycles. The van der Waals surface area contributed by atoms with E-state index in [0.29, 0.717) is 6.42 Å². The van der Waals surface area contributed by atoms with Gasteiger partial charge in [0.15, 0.2) is 0 Å². The molecule has 156 valence electrons. The fourth-order valence-electron chi connectivity index (χ4n) is 4.10. The second-order valence-electron chi connectivity index (χ2n) is 7.61. The maximum Gasteiger partial charge on any atom is 0.326 e. The minimum Gasteiger partial charge on any atom is -0.307 e. The fraction of sp³-hybridized carbons (Fsp3) is 0.130. The zero-order valence-corrected chi connectivity index (χ0v) is 17.2. The third-order valence-corrected chi connectivity index (χ3v) is 7.12. The van der Waals surface area contributed by atoms with Crippen LogP contribution < -0.4 is 16.0 Å². The van der Waals surface area contributed by atoms with Crippen LogP contribution in [0.15, 0.2) is 81.2 Å². The molecule has 1 aliphatic rings. The third kappa shape index (κ3) is 3.60. The Kier molecular flexibility index (Phi) is 4.60. The van der Waals surface area contributed by atoms with Gasteiger partial charge in [-0.05, 0) is 59.4 Å². The van der Waals surface area contributed by atoms with E-state index in [1.54, 1.807) is 0 Å². The molecule has 0 amide bonds. The molecule has 0 fully saturated rings. The number of hydrogen-bond donors (Lipinski definition) is 3. The Morgan fingerprint density at radius 3 is 2.48 bits per heavy atom. The highest BCUT2D eigenvalue weighted by atomic mass is 32.2. The Labute approximate surface area is 177 Å². The van der Waals surface area contributed by atoms with Gasteiger partial charge in [-0.25, -0.2) is 17.9 Å². The lowest BCUT2D eigenvalue weighted by molar-refractivity contribution is 0.554. The van der Waals surface area contributed by atoms with Crippen molar-refractivity contribution in [2.24, 2.45) is 0 Å². The van der Waals surface area contributed by atoms with E-state index in [1.807, 2.05) is 36.4 Å². The first kappa shape index (κ1) is 19.5. The summed E-state index contributed by atoms with van der Waals surface area (Å²) in [7, 11) is -3.88. The van der Waals surface area contributed by atoms with Crippen LogP contribution in [0.1, 0.15) is 23.6 Å². The highest BCUT2D eigenvalue weighted by Crippen LogP contribution is 2.35. The maximum absolute atomic E-state index is 13.1. The molecule has 4 aromatic rings. The summed E-state index contributed by atoms with van der Waals surface area (Å²) >= 11 is 0. The average Bonchev–Trinajstić information content (AvgIpc) is 3.15. The standard InChI is InChI=1S/C23H19N3O4S/c27-22-19-13-17(9-11-20(19)24-23(28)25-22)31(29,30)26-21-10-8-15-6-7-16(12-18(15)21)14-4-2-1-3-5-14/h1-7,9,11-13,21,26H,8,10H2,(H2,24,25,27,28). The van der Waals surface area contributed by atoms with Crippen LogP contribution in [0.25, 0.3) is 22.0 Å². The summed E-state index contributed by atoms with van der Waals surface area (Å²) in [5, 5.41) is 0.112. The topological polar surface area (TPSA) is 112 Å². The Morgan fingerprint density at radius 1 is 0.871 bits per heavy atom. The molecule has 3 aromatic carbocycles. The molecular weight excluding hydrogens is 414 g/mol. The van der Waals surface area contributed by atoms with Crippen LogP contribution in [0.3, 0.4) is 0 Å². The van der Waals surface area contributed by atoms with E-state index in [9.17, 15) is 18.0 Å². The molecule has 3 N–H and O–H groups in total. The Bertz CT molecular complexity index is 1520. The van der Waals surface area contributed by atoms with Crippen molar-refractivity contribution in [2.75, 3.05) is 0 Å². The van der Waals surface area contributed by atoms with E-state index in [-0.39, 0.29) is 21.8 Å². The van der Waals surface area contributed by atoms with Crippen molar-refractivity contribution in [2.45, 2.75) is 23.8 Å². The number of benzene rings is 3. The van der Waals surface area contributed by atoms with Crippen molar-refractivity contribution >= 4 is 20.9 Å². The van der Waals surface area contributed by atoms with E-state index < -0.39 is 21.3 Å². The average molecular weight is 433 g/mol. The monoisotopic (exact) mass is 433 g/mol. The number of fused-ring (bicyclic) bond motifs is 2. The summed E-state index contributed by atoms with van der Waals surface area (Å²) in [6.45, 7) is 0. The molecular formula is C23H19N3O4S. The minimum atomic E-state index is -3.88. The highest BCUT2D eigenvalue weighted by molar-refractivity contribution is 7.89. The Balaban J connectivity index is 1.49. The Hall–Kier alpha value is -3.49. The smallest absolute Gasteiger partial charge is 0.307 e. The van der Waals surface area contributed by atoms with E-state index in [0.717, 1.165) is 28.7 Å². The molecule has 31 heavy (non-hydrogen) atoms. The van der Waals surface area contributed by atoms with E-state index in [4.69, 9.17) is 0 Å². The van der Waals surface area contributed by atoms with Crippen molar-refractivity contribution in [3.05, 3.63) is 98.7 Å². The van der Waals surface area contributed by atoms with Gasteiger partial charge in [-0.15, -0.1) is 0 Å². The second-order valence-corrected chi connectivity index (χ2v) is 9.32. The van der Waals surface area contributed by atoms with Gasteiger partial charge in [0, 0.05) is 6.04 Å². The summed E-state index contributed by atoms with van der Waals surface area (Å²) in [6, 6.07) is 19.8. The van der Waals surface area contributed by atoms with Gasteiger partial charge in [0.05, 0.1) is 15.8 Å². The van der Waals surface area contributed by atoms with Gasteiger partial charge in [0.2, 0.25) is 10.0 Å². The molecule has 7 nitrogen and oxygen atoms in total. The summed E-state index contributed by atoms with van der Waals surface area (Å²) in [5.41, 5.74) is 3.21. The zero-order valence-electron chi connectivity index (χ0n) is 16.4. The number of aromatic nitrogens is 2. The largest absolute Gasteiger partial charge is 0.326 e. The number of aromatic amines is 2. The second kappa shape index (κ2) is 7.33. The number of rotatable bonds is 4. The predicted molar refractivity (Wildman–Crippen MR) is 118 cm³/mol. The van der Waals surface area contributed by atoms with Gasteiger partial charge < -0.3 is 4.98 Å². The van der Waals surface area contributed by atoms with Crippen molar-refractivity contribution in [3.63, 3.8) is 0 Å². The number of sulfonamides is 1. The van der Waals surface area contributed by atoms with Gasteiger partial charge in [-0.3, -0.25) is 9.78 Å². The SMILES string of the molecule is O=c1[nH]c(=O)c2cc(S(=O)(=O)NC3CCc4ccc(-c5ccccc5)cc43)ccc2[nH]1. The van der Waals surface area contributed by atoms with Crippen molar-refractivity contribution in [1.29, 1.82) is 0 Å². The summed E-state index contributed by atoms with van der Waals surface area (Å²) in [5.74, 6) is 0. The molecule has 0 spiro atoms. The molecule has 0 bridgehead atoms. The van der Waals surface area contributed by atoms with Gasteiger partial charge in [-0.1, -0.05) is 42.5 Å². The predicted octanol–water partition coefficient (Wildman–Crippen LogP) is 2.85. The lowest BCUT2D eigenvalue weighted by Crippen LogP contribution is -2.28. The normalized spacial score (nSPS) is 15.8. The van der Waals surface area contributed by atoms with Crippen molar-refractivity contribution in [3.8, 4) is 11.1 Å². The zero-order chi connectivity index (χ0) is 21.6. The molecule has 1 aliphatic carbocycles. The van der Waals surface area contributed by atoms with Crippen LogP contribution in [0, 0.1) is 0 Å². The van der Waals surface area contributed by atoms with Crippen LogP contribution in [0.4, 0.5) is 0 Å². The number of H-pyrrole nitrogens is 2. The molecule has 8 heteroatoms. The molecule has 5 rings (SSSR count). The number of nitrogens with one attached hydrogen (secondary N) is 3. The molecule has 0 saturated heterocycles. The summed E-state index contributed by atoms with van der Waals surface area (Å²) in [6.07, 6.45) is 1.45. The first-order chi connectivity index (χ1) is 14.9. The Morgan fingerprint density at radius 2 is 1.68 bits per heavy atom. The van der Waals surface area contributed by atoms with Crippen LogP contribution in [0.5, 0.6) is 0 Å². The summed E-state index contributed by atoms with van der Waals surface area (Å²) < 4.78 is 28.9. The lowest BCUT2D eigenvalue weighted by Gasteiger charge is -2.16. The van der Waals surface area contributed by atoms with Crippen LogP contribution in [0.2, 0.25) is 0 Å². The van der Waals surface area contributed by atoms with Gasteiger partial charge in [-0.2, -0.15) is 0 Å². The van der Waals surface area contributed by atoms with Crippen molar-refractivity contribution in [1.82, 2.24) is 14.7 Å². The van der Waals surface area contributed by atoms with Gasteiger partial charge >= 0.3 is 5.69 Å². The van der Waals surface area contributed by atoms with Crippen molar-refractivity contribution < 1.29 is 8.42 Å². The van der Waals surface area contributed by atoms with Crippen LogP contribution >= 0.6 is 0 Å². The highest BCUT2D eigenvalue weighted by Gasteiger charge is 2.28. The first-order valence-corrected chi connectivity index (χ1v) is 11.4. The van der Waals surface area contributed by atoms with E-state index >= 15 is 0 Å². The number of hydrogen-bond acceptors (Lipinski definition) is 4. The quantitative estimate of drug-likeness (QED) is 0.459. The number of aryl methyl sites for hydroxylation is 1. The molecule has 1 atom stereocenters. The van der Waals surface area contributed by atoms with Crippen LogP contribution in [-0.2, 0) is 16.4 Å². The molecule has 1 unspecified atom stereocenters. The molecule has 1 aromatic heterocycles. The van der Waals surface area contributed by atoms with E-state index in [2.05, 4.69) is 26.8 Å². The summed E-state index contributed by atoms with van der Waals surface area (Å²) in [4.78, 5) is 28.1. The fourth-order valence-corrected chi connectivity index (χ4v) is 5.38.